The Morgan fingerprint density at radius 3 is 2.89 bits per heavy atom. The van der Waals surface area contributed by atoms with Crippen molar-refractivity contribution in [1.29, 1.82) is 0 Å². The van der Waals surface area contributed by atoms with Crippen LogP contribution >= 0.6 is 11.8 Å². The molecule has 2 aliphatic rings. The highest BCUT2D eigenvalue weighted by atomic mass is 32.2. The van der Waals surface area contributed by atoms with Gasteiger partial charge in [0.1, 0.15) is 0 Å². The average Bonchev–Trinajstić information content (AvgIpc) is 3.10. The van der Waals surface area contributed by atoms with Crippen LogP contribution in [0, 0.1) is 0 Å². The SMILES string of the molecule is O=C(O)c1ccc(SCC2COC3(CCCC3)O2)o1. The van der Waals surface area contributed by atoms with Crippen LogP contribution in [-0.2, 0) is 9.47 Å². The van der Waals surface area contributed by atoms with E-state index in [9.17, 15) is 4.79 Å². The summed E-state index contributed by atoms with van der Waals surface area (Å²) in [4.78, 5) is 10.7. The molecule has 0 amide bonds. The molecule has 6 heteroatoms. The maximum Gasteiger partial charge on any atom is 0.371 e. The summed E-state index contributed by atoms with van der Waals surface area (Å²) < 4.78 is 17.0. The highest BCUT2D eigenvalue weighted by Gasteiger charge is 2.43. The summed E-state index contributed by atoms with van der Waals surface area (Å²) in [5.41, 5.74) is 0. The molecule has 0 radical (unpaired) electrons. The van der Waals surface area contributed by atoms with Gasteiger partial charge in [-0.2, -0.15) is 0 Å². The third-order valence-electron chi connectivity index (χ3n) is 3.48. The summed E-state index contributed by atoms with van der Waals surface area (Å²) in [5.74, 6) is -0.690. The summed E-state index contributed by atoms with van der Waals surface area (Å²) >= 11 is 1.46. The molecule has 1 N–H and O–H groups in total. The molecule has 19 heavy (non-hydrogen) atoms. The number of ether oxygens (including phenoxy) is 2. The van der Waals surface area contributed by atoms with E-state index in [0.717, 1.165) is 12.8 Å². The lowest BCUT2D eigenvalue weighted by molar-refractivity contribution is -0.159. The lowest BCUT2D eigenvalue weighted by atomic mass is 10.2. The minimum Gasteiger partial charge on any atom is -0.475 e. The van der Waals surface area contributed by atoms with Crippen molar-refractivity contribution < 1.29 is 23.8 Å². The average molecular weight is 284 g/mol. The van der Waals surface area contributed by atoms with Gasteiger partial charge in [-0.05, 0) is 25.0 Å². The van der Waals surface area contributed by atoms with E-state index < -0.39 is 5.97 Å². The van der Waals surface area contributed by atoms with E-state index in [4.69, 9.17) is 19.0 Å². The van der Waals surface area contributed by atoms with Crippen LogP contribution in [0.4, 0.5) is 0 Å². The summed E-state index contributed by atoms with van der Waals surface area (Å²) in [7, 11) is 0. The Kier molecular flexibility index (Phi) is 3.56. The van der Waals surface area contributed by atoms with Gasteiger partial charge in [0.15, 0.2) is 10.9 Å². The first-order chi connectivity index (χ1) is 9.17. The molecular weight excluding hydrogens is 268 g/mol. The van der Waals surface area contributed by atoms with Gasteiger partial charge in [0.25, 0.3) is 0 Å². The van der Waals surface area contributed by atoms with Crippen molar-refractivity contribution in [2.24, 2.45) is 0 Å². The van der Waals surface area contributed by atoms with E-state index in [1.54, 1.807) is 6.07 Å². The van der Waals surface area contributed by atoms with Gasteiger partial charge < -0.3 is 19.0 Å². The first kappa shape index (κ1) is 13.0. The highest BCUT2D eigenvalue weighted by molar-refractivity contribution is 7.99. The molecule has 1 aliphatic carbocycles. The Morgan fingerprint density at radius 2 is 2.21 bits per heavy atom. The molecular formula is C13H16O5S. The summed E-state index contributed by atoms with van der Waals surface area (Å²) in [6.45, 7) is 0.611. The van der Waals surface area contributed by atoms with Gasteiger partial charge in [-0.15, -0.1) is 0 Å². The standard InChI is InChI=1S/C13H16O5S/c14-12(15)10-3-4-11(17-10)19-8-9-7-16-13(18-9)5-1-2-6-13/h3-4,9H,1-2,5-8H2,(H,14,15). The second kappa shape index (κ2) is 5.19. The third kappa shape index (κ3) is 2.80. The van der Waals surface area contributed by atoms with Crippen LogP contribution in [-0.4, -0.2) is 35.3 Å². The van der Waals surface area contributed by atoms with E-state index in [2.05, 4.69) is 0 Å². The molecule has 2 fully saturated rings. The molecule has 1 saturated carbocycles. The topological polar surface area (TPSA) is 68.9 Å². The quantitative estimate of drug-likeness (QED) is 0.857. The van der Waals surface area contributed by atoms with Gasteiger partial charge in [-0.25, -0.2) is 4.79 Å². The van der Waals surface area contributed by atoms with E-state index in [-0.39, 0.29) is 17.7 Å². The van der Waals surface area contributed by atoms with Crippen molar-refractivity contribution in [1.82, 2.24) is 0 Å². The van der Waals surface area contributed by atoms with Crippen molar-refractivity contribution in [3.05, 3.63) is 17.9 Å². The van der Waals surface area contributed by atoms with E-state index >= 15 is 0 Å². The Bertz CT molecular complexity index is 463. The fourth-order valence-electron chi connectivity index (χ4n) is 2.56. The fourth-order valence-corrected chi connectivity index (χ4v) is 3.39. The number of hydrogen-bond donors (Lipinski definition) is 1. The minimum atomic E-state index is -1.04. The van der Waals surface area contributed by atoms with Crippen LogP contribution in [0.25, 0.3) is 0 Å². The zero-order chi connectivity index (χ0) is 13.3. The third-order valence-corrected chi connectivity index (χ3v) is 4.53. The van der Waals surface area contributed by atoms with Crippen molar-refractivity contribution in [3.63, 3.8) is 0 Å². The minimum absolute atomic E-state index is 0.0293. The molecule has 1 aromatic heterocycles. The Labute approximate surface area is 115 Å². The molecule has 1 atom stereocenters. The van der Waals surface area contributed by atoms with Gasteiger partial charge in [0.2, 0.25) is 5.76 Å². The number of aromatic carboxylic acids is 1. The van der Waals surface area contributed by atoms with Crippen LogP contribution in [0.3, 0.4) is 0 Å². The smallest absolute Gasteiger partial charge is 0.371 e. The largest absolute Gasteiger partial charge is 0.475 e. The van der Waals surface area contributed by atoms with Crippen LogP contribution < -0.4 is 0 Å². The maximum atomic E-state index is 10.7. The van der Waals surface area contributed by atoms with Gasteiger partial charge in [-0.1, -0.05) is 11.8 Å². The van der Waals surface area contributed by atoms with Gasteiger partial charge >= 0.3 is 5.97 Å². The van der Waals surface area contributed by atoms with E-state index in [1.165, 1.54) is 30.7 Å². The molecule has 1 aliphatic heterocycles. The number of furan rings is 1. The molecule has 0 aromatic carbocycles. The van der Waals surface area contributed by atoms with Crippen molar-refractivity contribution >= 4 is 17.7 Å². The number of carboxylic acids is 1. The molecule has 1 saturated heterocycles. The van der Waals surface area contributed by atoms with Gasteiger partial charge in [-0.3, -0.25) is 0 Å². The molecule has 0 bridgehead atoms. The van der Waals surface area contributed by atoms with Crippen molar-refractivity contribution in [2.45, 2.75) is 42.7 Å². The first-order valence-electron chi connectivity index (χ1n) is 6.45. The number of carbonyl (C=O) groups is 1. The molecule has 104 valence electrons. The summed E-state index contributed by atoms with van der Waals surface area (Å²) in [5, 5.41) is 9.37. The van der Waals surface area contributed by atoms with E-state index in [1.807, 2.05) is 0 Å². The number of thioether (sulfide) groups is 1. The Morgan fingerprint density at radius 1 is 1.42 bits per heavy atom. The zero-order valence-electron chi connectivity index (χ0n) is 10.5. The fraction of sp³-hybridized carbons (Fsp3) is 0.615. The normalized spacial score (nSPS) is 25.2. The second-order valence-electron chi connectivity index (χ2n) is 4.90. The highest BCUT2D eigenvalue weighted by Crippen LogP contribution is 2.40. The molecule has 5 nitrogen and oxygen atoms in total. The van der Waals surface area contributed by atoms with Gasteiger partial charge in [0, 0.05) is 18.6 Å². The molecule has 2 heterocycles. The number of carboxylic acid groups (broad SMARTS) is 1. The molecule has 1 unspecified atom stereocenters. The molecule has 1 spiro atoms. The zero-order valence-corrected chi connectivity index (χ0v) is 11.3. The maximum absolute atomic E-state index is 10.7. The molecule has 1 aromatic rings. The monoisotopic (exact) mass is 284 g/mol. The van der Waals surface area contributed by atoms with Crippen LogP contribution in [0.1, 0.15) is 36.2 Å². The second-order valence-corrected chi connectivity index (χ2v) is 5.93. The Hall–Kier alpha value is -0.980. The predicted octanol–water partition coefficient (Wildman–Crippen LogP) is 2.76. The number of rotatable bonds is 4. The summed E-state index contributed by atoms with van der Waals surface area (Å²) in [6.07, 6.45) is 4.36. The van der Waals surface area contributed by atoms with Crippen LogP contribution in [0.2, 0.25) is 0 Å². The summed E-state index contributed by atoms with van der Waals surface area (Å²) in [6, 6.07) is 3.14. The first-order valence-corrected chi connectivity index (χ1v) is 7.43. The van der Waals surface area contributed by atoms with E-state index in [0.29, 0.717) is 17.5 Å². The van der Waals surface area contributed by atoms with Gasteiger partial charge in [0.05, 0.1) is 12.7 Å². The predicted molar refractivity (Wildman–Crippen MR) is 68.4 cm³/mol. The van der Waals surface area contributed by atoms with Crippen LogP contribution in [0.15, 0.2) is 21.6 Å². The Balaban J connectivity index is 1.51. The van der Waals surface area contributed by atoms with Crippen molar-refractivity contribution in [2.75, 3.05) is 12.4 Å². The van der Waals surface area contributed by atoms with Crippen LogP contribution in [0.5, 0.6) is 0 Å². The number of hydrogen-bond acceptors (Lipinski definition) is 5. The lowest BCUT2D eigenvalue weighted by Gasteiger charge is -2.21. The lowest BCUT2D eigenvalue weighted by Crippen LogP contribution is -2.27. The van der Waals surface area contributed by atoms with Crippen molar-refractivity contribution in [3.8, 4) is 0 Å². The molecule has 3 rings (SSSR count).